The van der Waals surface area contributed by atoms with Gasteiger partial charge in [-0.2, -0.15) is 5.26 Å². The molecule has 2 aromatic rings. The van der Waals surface area contributed by atoms with Crippen molar-refractivity contribution in [2.45, 2.75) is 6.10 Å². The molecule has 3 N–H and O–H groups in total. The molecule has 2 rings (SSSR count). The average Bonchev–Trinajstić information content (AvgIpc) is 2.97. The Morgan fingerprint density at radius 3 is 2.59 bits per heavy atom. The van der Waals surface area contributed by atoms with Crippen molar-refractivity contribution in [3.05, 3.63) is 51.2 Å². The fourth-order valence-electron chi connectivity index (χ4n) is 1.70. The number of amides is 1. The van der Waals surface area contributed by atoms with Crippen LogP contribution in [0.1, 0.15) is 15.2 Å². The van der Waals surface area contributed by atoms with E-state index in [0.717, 1.165) is 5.69 Å². The van der Waals surface area contributed by atoms with Gasteiger partial charge < -0.3 is 15.7 Å². The van der Waals surface area contributed by atoms with Gasteiger partial charge in [-0.25, -0.2) is 0 Å². The van der Waals surface area contributed by atoms with Crippen LogP contribution in [0.15, 0.2) is 36.4 Å². The van der Waals surface area contributed by atoms with Crippen molar-refractivity contribution >= 4 is 34.5 Å². The molecular formula is C15H14ClN3O2S. The Labute approximate surface area is 137 Å². The molecule has 1 aromatic heterocycles. The van der Waals surface area contributed by atoms with E-state index in [2.05, 4.69) is 10.6 Å². The predicted octanol–water partition coefficient (Wildman–Crippen LogP) is 2.48. The van der Waals surface area contributed by atoms with Crippen molar-refractivity contribution in [2.24, 2.45) is 0 Å². The second-order valence-corrected chi connectivity index (χ2v) is 6.25. The van der Waals surface area contributed by atoms with E-state index < -0.39 is 6.10 Å². The maximum atomic E-state index is 11.8. The van der Waals surface area contributed by atoms with Gasteiger partial charge in [-0.05, 0) is 36.4 Å². The predicted molar refractivity (Wildman–Crippen MR) is 87.3 cm³/mol. The largest absolute Gasteiger partial charge is 0.389 e. The number of halogens is 1. The first-order valence-corrected chi connectivity index (χ1v) is 7.73. The third-order valence-corrected chi connectivity index (χ3v) is 4.08. The maximum absolute atomic E-state index is 11.8. The highest BCUT2D eigenvalue weighted by Crippen LogP contribution is 2.21. The van der Waals surface area contributed by atoms with Gasteiger partial charge in [0.05, 0.1) is 27.0 Å². The lowest BCUT2D eigenvalue weighted by Crippen LogP contribution is -2.35. The smallest absolute Gasteiger partial charge is 0.261 e. The van der Waals surface area contributed by atoms with Crippen LogP contribution < -0.4 is 10.6 Å². The first-order chi connectivity index (χ1) is 10.6. The summed E-state index contributed by atoms with van der Waals surface area (Å²) < 4.78 is 0.549. The van der Waals surface area contributed by atoms with Gasteiger partial charge >= 0.3 is 0 Å². The van der Waals surface area contributed by atoms with Crippen LogP contribution in [0.4, 0.5) is 5.69 Å². The number of aliphatic hydroxyl groups excluding tert-OH is 1. The molecule has 0 bridgehead atoms. The van der Waals surface area contributed by atoms with Crippen LogP contribution in [0.3, 0.4) is 0 Å². The number of rotatable bonds is 6. The Bertz CT molecular complexity index is 679. The van der Waals surface area contributed by atoms with Gasteiger partial charge in [0.1, 0.15) is 0 Å². The van der Waals surface area contributed by atoms with E-state index in [9.17, 15) is 9.90 Å². The molecule has 0 aliphatic rings. The first kappa shape index (κ1) is 16.3. The van der Waals surface area contributed by atoms with Gasteiger partial charge in [0.2, 0.25) is 0 Å². The minimum atomic E-state index is -0.727. The lowest BCUT2D eigenvalue weighted by molar-refractivity contribution is 0.0926. The molecule has 1 amide bonds. The van der Waals surface area contributed by atoms with Crippen molar-refractivity contribution < 1.29 is 9.90 Å². The third-order valence-electron chi connectivity index (χ3n) is 2.85. The second kappa shape index (κ2) is 7.80. The lowest BCUT2D eigenvalue weighted by atomic mass is 10.2. The number of carbonyl (C=O) groups excluding carboxylic acids is 1. The molecule has 0 aliphatic heterocycles. The molecule has 7 heteroatoms. The number of nitriles is 1. The van der Waals surface area contributed by atoms with Crippen LogP contribution in [0, 0.1) is 11.3 Å². The van der Waals surface area contributed by atoms with Gasteiger partial charge in [0.15, 0.2) is 0 Å². The van der Waals surface area contributed by atoms with E-state index in [1.54, 1.807) is 36.4 Å². The van der Waals surface area contributed by atoms with Crippen molar-refractivity contribution in [1.29, 1.82) is 5.26 Å². The molecule has 1 aromatic carbocycles. The zero-order valence-electron chi connectivity index (χ0n) is 11.5. The van der Waals surface area contributed by atoms with Crippen LogP contribution >= 0.6 is 22.9 Å². The zero-order chi connectivity index (χ0) is 15.9. The first-order valence-electron chi connectivity index (χ1n) is 6.54. The summed E-state index contributed by atoms with van der Waals surface area (Å²) >= 11 is 6.96. The molecule has 1 atom stereocenters. The summed E-state index contributed by atoms with van der Waals surface area (Å²) in [5, 5.41) is 24.2. The number of nitrogens with one attached hydrogen (secondary N) is 2. The van der Waals surface area contributed by atoms with Gasteiger partial charge in [-0.3, -0.25) is 4.79 Å². The highest BCUT2D eigenvalue weighted by molar-refractivity contribution is 7.17. The van der Waals surface area contributed by atoms with E-state index in [4.69, 9.17) is 16.9 Å². The number of nitrogens with zero attached hydrogens (tertiary/aromatic N) is 1. The number of carbonyl (C=O) groups is 1. The SMILES string of the molecule is N#Cc1ccc(NC[C@@H](O)CNC(=O)c2ccc(Cl)s2)cc1. The highest BCUT2D eigenvalue weighted by atomic mass is 35.5. The Morgan fingerprint density at radius 2 is 2.00 bits per heavy atom. The summed E-state index contributed by atoms with van der Waals surface area (Å²) in [5.41, 5.74) is 1.38. The van der Waals surface area contributed by atoms with Crippen LogP contribution in [-0.2, 0) is 0 Å². The molecule has 22 heavy (non-hydrogen) atoms. The fraction of sp³-hybridized carbons (Fsp3) is 0.200. The molecule has 0 unspecified atom stereocenters. The number of benzene rings is 1. The fourth-order valence-corrected chi connectivity index (χ4v) is 2.66. The molecule has 1 heterocycles. The Kier molecular flexibility index (Phi) is 5.78. The molecule has 0 spiro atoms. The van der Waals surface area contributed by atoms with E-state index in [0.29, 0.717) is 14.8 Å². The van der Waals surface area contributed by atoms with Crippen molar-refractivity contribution in [1.82, 2.24) is 5.32 Å². The zero-order valence-corrected chi connectivity index (χ0v) is 13.1. The van der Waals surface area contributed by atoms with Gasteiger partial charge in [0, 0.05) is 18.8 Å². The minimum Gasteiger partial charge on any atom is -0.389 e. The van der Waals surface area contributed by atoms with Crippen molar-refractivity contribution in [2.75, 3.05) is 18.4 Å². The summed E-state index contributed by atoms with van der Waals surface area (Å²) in [6, 6.07) is 12.2. The quantitative estimate of drug-likeness (QED) is 0.757. The Balaban J connectivity index is 1.74. The third kappa shape index (κ3) is 4.74. The molecule has 0 fully saturated rings. The number of thiophene rings is 1. The summed E-state index contributed by atoms with van der Waals surface area (Å²) in [4.78, 5) is 12.3. The van der Waals surface area contributed by atoms with Crippen molar-refractivity contribution in [3.8, 4) is 6.07 Å². The average molecular weight is 336 g/mol. The van der Waals surface area contributed by atoms with Crippen LogP contribution in [0.25, 0.3) is 0 Å². The normalized spacial score (nSPS) is 11.5. The monoisotopic (exact) mass is 335 g/mol. The summed E-state index contributed by atoms with van der Waals surface area (Å²) in [6.07, 6.45) is -0.727. The highest BCUT2D eigenvalue weighted by Gasteiger charge is 2.11. The molecular weight excluding hydrogens is 322 g/mol. The second-order valence-electron chi connectivity index (χ2n) is 4.54. The number of hydrogen-bond donors (Lipinski definition) is 3. The minimum absolute atomic E-state index is 0.137. The summed E-state index contributed by atoms with van der Waals surface area (Å²) in [7, 11) is 0. The molecule has 0 aliphatic carbocycles. The summed E-state index contributed by atoms with van der Waals surface area (Å²) in [6.45, 7) is 0.426. The Morgan fingerprint density at radius 1 is 1.27 bits per heavy atom. The molecule has 114 valence electrons. The van der Waals surface area contributed by atoms with Gasteiger partial charge in [-0.1, -0.05) is 11.6 Å². The van der Waals surface area contributed by atoms with E-state index in [-0.39, 0.29) is 19.0 Å². The van der Waals surface area contributed by atoms with Gasteiger partial charge in [0.25, 0.3) is 5.91 Å². The summed E-state index contributed by atoms with van der Waals surface area (Å²) in [5.74, 6) is -0.255. The van der Waals surface area contributed by atoms with E-state index in [1.807, 2.05) is 6.07 Å². The van der Waals surface area contributed by atoms with E-state index >= 15 is 0 Å². The van der Waals surface area contributed by atoms with Gasteiger partial charge in [-0.15, -0.1) is 11.3 Å². The van der Waals surface area contributed by atoms with Crippen LogP contribution in [0.5, 0.6) is 0 Å². The Hall–Kier alpha value is -2.07. The molecule has 0 saturated carbocycles. The number of aliphatic hydroxyl groups is 1. The number of anilines is 1. The number of hydrogen-bond acceptors (Lipinski definition) is 5. The molecule has 0 saturated heterocycles. The van der Waals surface area contributed by atoms with Crippen LogP contribution in [0.2, 0.25) is 4.34 Å². The standard InChI is InChI=1S/C15H14ClN3O2S/c16-14-6-5-13(22-14)15(21)19-9-12(20)8-18-11-3-1-10(7-17)2-4-11/h1-6,12,18,20H,8-9H2,(H,19,21)/t12-/m1/s1. The topological polar surface area (TPSA) is 85.2 Å². The molecule has 5 nitrogen and oxygen atoms in total. The van der Waals surface area contributed by atoms with E-state index in [1.165, 1.54) is 11.3 Å². The van der Waals surface area contributed by atoms with Crippen molar-refractivity contribution in [3.63, 3.8) is 0 Å². The molecule has 0 radical (unpaired) electrons. The lowest BCUT2D eigenvalue weighted by Gasteiger charge is -2.13. The maximum Gasteiger partial charge on any atom is 0.261 e. The van der Waals surface area contributed by atoms with Crippen LogP contribution in [-0.4, -0.2) is 30.2 Å².